The fraction of sp³-hybridized carbons (Fsp3) is 1.00. The van der Waals surface area contributed by atoms with Gasteiger partial charge in [-0.1, -0.05) is 86.5 Å². The van der Waals surface area contributed by atoms with Crippen LogP contribution in [0.25, 0.3) is 0 Å². The number of unbranched alkanes of at least 4 members (excludes halogenated alkanes) is 3. The zero-order valence-electron chi connectivity index (χ0n) is 14.0. The van der Waals surface area contributed by atoms with Crippen molar-refractivity contribution in [2.75, 3.05) is 0 Å². The lowest BCUT2D eigenvalue weighted by Gasteiger charge is -2.28. The Labute approximate surface area is 117 Å². The van der Waals surface area contributed by atoms with Gasteiger partial charge in [0.1, 0.15) is 0 Å². The summed E-state index contributed by atoms with van der Waals surface area (Å²) in [7, 11) is 0. The van der Waals surface area contributed by atoms with E-state index in [-0.39, 0.29) is 0 Å². The molecule has 4 unspecified atom stereocenters. The van der Waals surface area contributed by atoms with Crippen molar-refractivity contribution in [3.8, 4) is 0 Å². The molecule has 0 bridgehead atoms. The average Bonchev–Trinajstić information content (AvgIpc) is 2.35. The van der Waals surface area contributed by atoms with Crippen LogP contribution in [-0.2, 0) is 0 Å². The van der Waals surface area contributed by atoms with Gasteiger partial charge in [-0.25, -0.2) is 0 Å². The van der Waals surface area contributed by atoms with Crippen molar-refractivity contribution in [1.82, 2.24) is 0 Å². The maximum Gasteiger partial charge on any atom is -0.0391 e. The van der Waals surface area contributed by atoms with E-state index in [4.69, 9.17) is 0 Å². The van der Waals surface area contributed by atoms with Gasteiger partial charge < -0.3 is 0 Å². The maximum absolute atomic E-state index is 2.48. The van der Waals surface area contributed by atoms with Crippen molar-refractivity contribution in [2.24, 2.45) is 23.7 Å². The van der Waals surface area contributed by atoms with E-state index in [2.05, 4.69) is 41.5 Å². The minimum atomic E-state index is 0.894. The Kier molecular flexibility index (Phi) is 10.9. The van der Waals surface area contributed by atoms with Crippen LogP contribution in [0, 0.1) is 23.7 Å². The molecule has 0 N–H and O–H groups in total. The maximum atomic E-state index is 2.48. The molecule has 0 radical (unpaired) electrons. The molecule has 110 valence electrons. The fourth-order valence-corrected chi connectivity index (χ4v) is 3.06. The van der Waals surface area contributed by atoms with Gasteiger partial charge in [0.05, 0.1) is 0 Å². The molecular weight excluding hydrogens is 216 g/mol. The second kappa shape index (κ2) is 10.9. The van der Waals surface area contributed by atoms with Crippen LogP contribution in [0.15, 0.2) is 0 Å². The van der Waals surface area contributed by atoms with Crippen LogP contribution in [0.5, 0.6) is 0 Å². The third-order valence-electron chi connectivity index (χ3n) is 4.88. The summed E-state index contributed by atoms with van der Waals surface area (Å²) in [5.74, 6) is 3.62. The summed E-state index contributed by atoms with van der Waals surface area (Å²) in [5, 5.41) is 0. The van der Waals surface area contributed by atoms with Gasteiger partial charge in [0.25, 0.3) is 0 Å². The third kappa shape index (κ3) is 8.16. The minimum absolute atomic E-state index is 0.894. The molecule has 0 aromatic rings. The van der Waals surface area contributed by atoms with Crippen molar-refractivity contribution in [2.45, 2.75) is 92.9 Å². The molecule has 0 aromatic heterocycles. The average molecular weight is 255 g/mol. The van der Waals surface area contributed by atoms with Crippen molar-refractivity contribution < 1.29 is 0 Å². The SMILES string of the molecule is CCCCCC(C)C(C)C(C)CC(C)CCCC. The molecule has 18 heavy (non-hydrogen) atoms. The van der Waals surface area contributed by atoms with Gasteiger partial charge in [-0.2, -0.15) is 0 Å². The van der Waals surface area contributed by atoms with Crippen LogP contribution in [-0.4, -0.2) is 0 Å². The Hall–Kier alpha value is 0. The highest BCUT2D eigenvalue weighted by Gasteiger charge is 2.20. The van der Waals surface area contributed by atoms with Gasteiger partial charge >= 0.3 is 0 Å². The first kappa shape index (κ1) is 18.0. The van der Waals surface area contributed by atoms with Gasteiger partial charge in [-0.15, -0.1) is 0 Å². The third-order valence-corrected chi connectivity index (χ3v) is 4.88. The molecule has 0 aliphatic heterocycles. The Morgan fingerprint density at radius 3 is 1.83 bits per heavy atom. The van der Waals surface area contributed by atoms with E-state index >= 15 is 0 Å². The van der Waals surface area contributed by atoms with Gasteiger partial charge in [0.2, 0.25) is 0 Å². The fourth-order valence-electron chi connectivity index (χ4n) is 3.06. The Balaban J connectivity index is 3.88. The second-order valence-electron chi connectivity index (χ2n) is 6.79. The largest absolute Gasteiger partial charge is 0.0654 e. The predicted octanol–water partition coefficient (Wildman–Crippen LogP) is 6.69. The monoisotopic (exact) mass is 254 g/mol. The van der Waals surface area contributed by atoms with Gasteiger partial charge in [0, 0.05) is 0 Å². The smallest absolute Gasteiger partial charge is 0.0391 e. The van der Waals surface area contributed by atoms with E-state index in [0.717, 1.165) is 23.7 Å². The summed E-state index contributed by atoms with van der Waals surface area (Å²) in [6.45, 7) is 14.5. The molecule has 0 nitrogen and oxygen atoms in total. The first-order valence-electron chi connectivity index (χ1n) is 8.52. The summed E-state index contributed by atoms with van der Waals surface area (Å²) in [5.41, 5.74) is 0. The molecule has 0 amide bonds. The summed E-state index contributed by atoms with van der Waals surface area (Å²) >= 11 is 0. The molecule has 0 aromatic carbocycles. The van der Waals surface area contributed by atoms with Crippen LogP contribution in [0.2, 0.25) is 0 Å². The molecule has 4 atom stereocenters. The summed E-state index contributed by atoms with van der Waals surface area (Å²) in [6, 6.07) is 0. The van der Waals surface area contributed by atoms with Crippen molar-refractivity contribution in [3.63, 3.8) is 0 Å². The summed E-state index contributed by atoms with van der Waals surface area (Å²) in [4.78, 5) is 0. The zero-order chi connectivity index (χ0) is 14.0. The molecule has 0 spiro atoms. The van der Waals surface area contributed by atoms with E-state index in [1.165, 1.54) is 51.4 Å². The van der Waals surface area contributed by atoms with Gasteiger partial charge in [-0.05, 0) is 30.1 Å². The first-order valence-corrected chi connectivity index (χ1v) is 8.52. The lowest BCUT2D eigenvalue weighted by molar-refractivity contribution is 0.223. The zero-order valence-corrected chi connectivity index (χ0v) is 14.0. The Bertz CT molecular complexity index is 173. The molecule has 0 aliphatic carbocycles. The predicted molar refractivity (Wildman–Crippen MR) is 84.9 cm³/mol. The number of hydrogen-bond acceptors (Lipinski definition) is 0. The highest BCUT2D eigenvalue weighted by molar-refractivity contribution is 4.70. The minimum Gasteiger partial charge on any atom is -0.0654 e. The molecule has 0 fully saturated rings. The van der Waals surface area contributed by atoms with E-state index in [1.807, 2.05) is 0 Å². The lowest BCUT2D eigenvalue weighted by Crippen LogP contribution is -2.19. The van der Waals surface area contributed by atoms with Crippen molar-refractivity contribution in [3.05, 3.63) is 0 Å². The standard InChI is InChI=1S/C18H38/c1-7-9-11-13-16(4)18(6)17(5)14-15(3)12-10-8-2/h15-18H,7-14H2,1-6H3. The molecule has 0 saturated heterocycles. The van der Waals surface area contributed by atoms with Crippen LogP contribution < -0.4 is 0 Å². The van der Waals surface area contributed by atoms with E-state index in [0.29, 0.717) is 0 Å². The topological polar surface area (TPSA) is 0 Å². The van der Waals surface area contributed by atoms with E-state index in [9.17, 15) is 0 Å². The van der Waals surface area contributed by atoms with E-state index in [1.54, 1.807) is 0 Å². The normalized spacial score (nSPS) is 18.3. The van der Waals surface area contributed by atoms with E-state index < -0.39 is 0 Å². The number of hydrogen-bond donors (Lipinski definition) is 0. The first-order chi connectivity index (χ1) is 8.52. The molecular formula is C18H38. The second-order valence-corrected chi connectivity index (χ2v) is 6.79. The summed E-state index contributed by atoms with van der Waals surface area (Å²) in [6.07, 6.45) is 11.2. The van der Waals surface area contributed by atoms with Crippen LogP contribution >= 0.6 is 0 Å². The Morgan fingerprint density at radius 2 is 1.28 bits per heavy atom. The van der Waals surface area contributed by atoms with Crippen LogP contribution in [0.4, 0.5) is 0 Å². The number of rotatable bonds is 11. The quantitative estimate of drug-likeness (QED) is 0.360. The molecule has 0 aliphatic rings. The van der Waals surface area contributed by atoms with Crippen molar-refractivity contribution in [1.29, 1.82) is 0 Å². The summed E-state index contributed by atoms with van der Waals surface area (Å²) < 4.78 is 0. The van der Waals surface area contributed by atoms with Gasteiger partial charge in [-0.3, -0.25) is 0 Å². The molecule has 0 heteroatoms. The van der Waals surface area contributed by atoms with Crippen LogP contribution in [0.3, 0.4) is 0 Å². The highest BCUT2D eigenvalue weighted by Crippen LogP contribution is 2.30. The van der Waals surface area contributed by atoms with Gasteiger partial charge in [0.15, 0.2) is 0 Å². The highest BCUT2D eigenvalue weighted by atomic mass is 14.3. The lowest BCUT2D eigenvalue weighted by atomic mass is 9.78. The van der Waals surface area contributed by atoms with Crippen molar-refractivity contribution >= 4 is 0 Å². The molecule has 0 saturated carbocycles. The Morgan fingerprint density at radius 1 is 0.667 bits per heavy atom. The molecule has 0 heterocycles. The van der Waals surface area contributed by atoms with Crippen LogP contribution in [0.1, 0.15) is 92.9 Å². The molecule has 0 rings (SSSR count).